The summed E-state index contributed by atoms with van der Waals surface area (Å²) in [5.74, 6) is 0.550. The van der Waals surface area contributed by atoms with E-state index in [2.05, 4.69) is 18.7 Å². The summed E-state index contributed by atoms with van der Waals surface area (Å²) in [6, 6.07) is 11.8. The highest BCUT2D eigenvalue weighted by atomic mass is 35.5. The van der Waals surface area contributed by atoms with Crippen LogP contribution in [0.5, 0.6) is 5.75 Å². The molecule has 0 unspecified atom stereocenters. The normalized spacial score (nSPS) is 11.6. The molecule has 8 nitrogen and oxygen atoms in total. The summed E-state index contributed by atoms with van der Waals surface area (Å²) in [5.41, 5.74) is 1.21. The van der Waals surface area contributed by atoms with E-state index in [1.165, 1.54) is 37.6 Å². The monoisotopic (exact) mass is 540 g/mol. The van der Waals surface area contributed by atoms with E-state index in [1.54, 1.807) is 17.0 Å². The summed E-state index contributed by atoms with van der Waals surface area (Å²) >= 11 is 1.44. The van der Waals surface area contributed by atoms with Crippen LogP contribution in [-0.4, -0.2) is 75.4 Å². The third-order valence-electron chi connectivity index (χ3n) is 5.55. The van der Waals surface area contributed by atoms with Gasteiger partial charge in [0.25, 0.3) is 5.91 Å². The standard InChI is InChI=1S/C24H32N4O4S2.ClH/c1-6-27(7-2)15-16-28(24-25-21-14-11-19(32-8-3)17-22(21)33-24)23(29)18-9-12-20(13-10-18)34(30,31)26(4)5;/h9-14,17H,6-8,15-16H2,1-5H3;1H. The van der Waals surface area contributed by atoms with Gasteiger partial charge in [0.05, 0.1) is 21.7 Å². The molecule has 3 aromatic rings. The molecule has 0 radical (unpaired) electrons. The van der Waals surface area contributed by atoms with Gasteiger partial charge in [-0.1, -0.05) is 25.2 Å². The van der Waals surface area contributed by atoms with E-state index >= 15 is 0 Å². The first-order valence-corrected chi connectivity index (χ1v) is 13.6. The Morgan fingerprint density at radius 1 is 1.00 bits per heavy atom. The van der Waals surface area contributed by atoms with Gasteiger partial charge in [0.1, 0.15) is 5.75 Å². The summed E-state index contributed by atoms with van der Waals surface area (Å²) in [4.78, 5) is 22.4. The van der Waals surface area contributed by atoms with E-state index in [1.807, 2.05) is 25.1 Å². The maximum absolute atomic E-state index is 13.6. The molecule has 35 heavy (non-hydrogen) atoms. The molecule has 0 atom stereocenters. The maximum atomic E-state index is 13.6. The van der Waals surface area contributed by atoms with Crippen molar-refractivity contribution >= 4 is 55.0 Å². The zero-order valence-corrected chi connectivity index (χ0v) is 23.2. The highest BCUT2D eigenvalue weighted by Gasteiger charge is 2.23. The summed E-state index contributed by atoms with van der Waals surface area (Å²) in [7, 11) is -0.607. The fraction of sp³-hybridized carbons (Fsp3) is 0.417. The first-order valence-electron chi connectivity index (χ1n) is 11.3. The van der Waals surface area contributed by atoms with E-state index in [9.17, 15) is 13.2 Å². The number of thiazole rings is 1. The summed E-state index contributed by atoms with van der Waals surface area (Å²) in [5, 5.41) is 0.603. The Bertz CT molecular complexity index is 1230. The molecule has 0 saturated heterocycles. The van der Waals surface area contributed by atoms with Crippen molar-refractivity contribution in [2.75, 3.05) is 51.8 Å². The van der Waals surface area contributed by atoms with Crippen LogP contribution in [0.15, 0.2) is 47.4 Å². The second-order valence-corrected chi connectivity index (χ2v) is 11.0. The number of anilines is 1. The number of hydrogen-bond donors (Lipinski definition) is 0. The minimum atomic E-state index is -3.57. The molecule has 0 fully saturated rings. The van der Waals surface area contributed by atoms with Gasteiger partial charge in [0.15, 0.2) is 5.13 Å². The lowest BCUT2D eigenvalue weighted by Gasteiger charge is -2.24. The van der Waals surface area contributed by atoms with Crippen LogP contribution < -0.4 is 9.64 Å². The fourth-order valence-corrected chi connectivity index (χ4v) is 5.39. The number of carbonyl (C=O) groups excluding carboxylic acids is 1. The second kappa shape index (κ2) is 12.6. The van der Waals surface area contributed by atoms with Gasteiger partial charge >= 0.3 is 0 Å². The first-order chi connectivity index (χ1) is 16.2. The molecule has 0 aliphatic rings. The Kier molecular flexibility index (Phi) is 10.5. The van der Waals surface area contributed by atoms with Crippen molar-refractivity contribution in [1.29, 1.82) is 0 Å². The number of ether oxygens (including phenoxy) is 1. The summed E-state index contributed by atoms with van der Waals surface area (Å²) in [6.07, 6.45) is 0. The predicted molar refractivity (Wildman–Crippen MR) is 145 cm³/mol. The molecule has 0 bridgehead atoms. The zero-order chi connectivity index (χ0) is 24.9. The highest BCUT2D eigenvalue weighted by Crippen LogP contribution is 2.32. The van der Waals surface area contributed by atoms with Crippen LogP contribution in [0.25, 0.3) is 10.2 Å². The Hall–Kier alpha value is -2.24. The maximum Gasteiger partial charge on any atom is 0.260 e. The van der Waals surface area contributed by atoms with E-state index in [-0.39, 0.29) is 23.2 Å². The molecular weight excluding hydrogens is 508 g/mol. The average molecular weight is 541 g/mol. The number of carbonyl (C=O) groups is 1. The summed E-state index contributed by atoms with van der Waals surface area (Å²) in [6.45, 7) is 9.62. The van der Waals surface area contributed by atoms with E-state index < -0.39 is 10.0 Å². The highest BCUT2D eigenvalue weighted by molar-refractivity contribution is 7.89. The lowest BCUT2D eigenvalue weighted by molar-refractivity contribution is 0.0983. The summed E-state index contributed by atoms with van der Waals surface area (Å²) < 4.78 is 32.5. The smallest absolute Gasteiger partial charge is 0.260 e. The van der Waals surface area contributed by atoms with Crippen LogP contribution in [0.3, 0.4) is 0 Å². The van der Waals surface area contributed by atoms with Gasteiger partial charge < -0.3 is 9.64 Å². The molecular formula is C24H33ClN4O4S2. The molecule has 0 aliphatic heterocycles. The number of aromatic nitrogens is 1. The third kappa shape index (κ3) is 6.71. The Labute approximate surface area is 218 Å². The lowest BCUT2D eigenvalue weighted by Crippen LogP contribution is -2.38. The minimum absolute atomic E-state index is 0. The number of rotatable bonds is 11. The van der Waals surface area contributed by atoms with E-state index in [0.717, 1.165) is 33.4 Å². The molecule has 11 heteroatoms. The number of amides is 1. The van der Waals surface area contributed by atoms with Crippen molar-refractivity contribution in [3.8, 4) is 5.75 Å². The van der Waals surface area contributed by atoms with Gasteiger partial charge in [-0.3, -0.25) is 9.69 Å². The number of sulfonamides is 1. The van der Waals surface area contributed by atoms with Gasteiger partial charge in [-0.25, -0.2) is 17.7 Å². The van der Waals surface area contributed by atoms with Gasteiger partial charge in [-0.05, 0) is 62.5 Å². The average Bonchev–Trinajstić information content (AvgIpc) is 3.24. The molecule has 0 N–H and O–H groups in total. The van der Waals surface area contributed by atoms with Crippen LogP contribution in [0.2, 0.25) is 0 Å². The molecule has 1 aromatic heterocycles. The van der Waals surface area contributed by atoms with Gasteiger partial charge in [-0.2, -0.15) is 0 Å². The molecule has 0 spiro atoms. The molecule has 0 saturated carbocycles. The first kappa shape index (κ1) is 29.0. The van der Waals surface area contributed by atoms with Crippen LogP contribution in [0.4, 0.5) is 5.13 Å². The van der Waals surface area contributed by atoms with Crippen molar-refractivity contribution in [3.63, 3.8) is 0 Å². The molecule has 0 aliphatic carbocycles. The van der Waals surface area contributed by atoms with Crippen molar-refractivity contribution in [2.45, 2.75) is 25.7 Å². The molecule has 3 rings (SSSR count). The van der Waals surface area contributed by atoms with Crippen molar-refractivity contribution < 1.29 is 17.9 Å². The van der Waals surface area contributed by atoms with Crippen molar-refractivity contribution in [2.24, 2.45) is 0 Å². The second-order valence-electron chi connectivity index (χ2n) is 7.85. The lowest BCUT2D eigenvalue weighted by atomic mass is 10.2. The fourth-order valence-electron chi connectivity index (χ4n) is 3.47. The van der Waals surface area contributed by atoms with Crippen molar-refractivity contribution in [1.82, 2.24) is 14.2 Å². The van der Waals surface area contributed by atoms with Gasteiger partial charge in [0.2, 0.25) is 10.0 Å². The Morgan fingerprint density at radius 2 is 1.66 bits per heavy atom. The topological polar surface area (TPSA) is 83.0 Å². The molecule has 2 aromatic carbocycles. The SMILES string of the molecule is CCOc1ccc2nc(N(CCN(CC)CC)C(=O)c3ccc(S(=O)(=O)N(C)C)cc3)sc2c1.Cl. The Balaban J connectivity index is 0.00000432. The quantitative estimate of drug-likeness (QED) is 0.359. The number of nitrogens with zero attached hydrogens (tertiary/aromatic N) is 4. The number of hydrogen-bond acceptors (Lipinski definition) is 7. The van der Waals surface area contributed by atoms with E-state index in [0.29, 0.717) is 30.4 Å². The number of fused-ring (bicyclic) bond motifs is 1. The largest absolute Gasteiger partial charge is 0.494 e. The van der Waals surface area contributed by atoms with Crippen LogP contribution in [0.1, 0.15) is 31.1 Å². The van der Waals surface area contributed by atoms with Crippen LogP contribution in [-0.2, 0) is 10.0 Å². The number of halogens is 1. The molecule has 1 heterocycles. The molecule has 192 valence electrons. The van der Waals surface area contributed by atoms with Gasteiger partial charge in [-0.15, -0.1) is 12.4 Å². The van der Waals surface area contributed by atoms with Crippen LogP contribution >= 0.6 is 23.7 Å². The Morgan fingerprint density at radius 3 is 2.23 bits per heavy atom. The van der Waals surface area contributed by atoms with Crippen LogP contribution in [0, 0.1) is 0 Å². The van der Waals surface area contributed by atoms with Crippen molar-refractivity contribution in [3.05, 3.63) is 48.0 Å². The minimum Gasteiger partial charge on any atom is -0.494 e. The predicted octanol–water partition coefficient (Wildman–Crippen LogP) is 4.36. The van der Waals surface area contributed by atoms with Gasteiger partial charge in [0, 0.05) is 32.7 Å². The molecule has 1 amide bonds. The number of benzene rings is 2. The third-order valence-corrected chi connectivity index (χ3v) is 8.42. The number of likely N-dealkylation sites (N-methyl/N-ethyl adjacent to an activating group) is 1. The zero-order valence-electron chi connectivity index (χ0n) is 20.7. The van der Waals surface area contributed by atoms with E-state index in [4.69, 9.17) is 9.72 Å².